The predicted octanol–water partition coefficient (Wildman–Crippen LogP) is 1.90. The highest BCUT2D eigenvalue weighted by molar-refractivity contribution is 7.89. The smallest absolute Gasteiger partial charge is 0.240 e. The van der Waals surface area contributed by atoms with Gasteiger partial charge < -0.3 is 10.8 Å². The minimum Gasteiger partial charge on any atom is -0.397 e. The number of anilines is 1. The fraction of sp³-hybridized carbons (Fsp3) is 0.538. The second-order valence-electron chi connectivity index (χ2n) is 5.29. The number of benzene rings is 1. The van der Waals surface area contributed by atoms with Crippen molar-refractivity contribution in [2.24, 2.45) is 0 Å². The molecular formula is C13H19ClN2O3S. The van der Waals surface area contributed by atoms with Crippen molar-refractivity contribution in [3.05, 3.63) is 23.2 Å². The molecule has 0 aromatic heterocycles. The molecule has 7 heteroatoms. The number of nitrogens with two attached hydrogens (primary N) is 1. The zero-order chi connectivity index (χ0) is 14.8. The molecule has 0 saturated heterocycles. The Balaban J connectivity index is 2.09. The van der Waals surface area contributed by atoms with Gasteiger partial charge in [0.2, 0.25) is 10.0 Å². The summed E-state index contributed by atoms with van der Waals surface area (Å²) in [6.07, 6.45) is 4.18. The lowest BCUT2D eigenvalue weighted by atomic mass is 9.85. The highest BCUT2D eigenvalue weighted by Gasteiger charge is 2.30. The van der Waals surface area contributed by atoms with Crippen molar-refractivity contribution in [2.75, 3.05) is 12.3 Å². The number of nitrogen functional groups attached to an aromatic ring is 1. The maximum Gasteiger partial charge on any atom is 0.240 e. The van der Waals surface area contributed by atoms with E-state index in [0.717, 1.165) is 19.3 Å². The normalized spacial score (nSPS) is 18.9. The molecule has 1 aromatic rings. The summed E-state index contributed by atoms with van der Waals surface area (Å²) < 4.78 is 26.8. The van der Waals surface area contributed by atoms with E-state index in [-0.39, 0.29) is 17.1 Å². The summed E-state index contributed by atoms with van der Waals surface area (Å²) >= 11 is 5.77. The quantitative estimate of drug-likeness (QED) is 0.739. The fourth-order valence-corrected chi connectivity index (χ4v) is 3.66. The minimum absolute atomic E-state index is 0.0257. The first-order valence-corrected chi connectivity index (χ1v) is 8.46. The molecule has 0 bridgehead atoms. The first-order chi connectivity index (χ1) is 9.32. The highest BCUT2D eigenvalue weighted by atomic mass is 35.5. The van der Waals surface area contributed by atoms with E-state index in [0.29, 0.717) is 17.9 Å². The number of nitrogens with one attached hydrogen (secondary N) is 1. The molecule has 0 unspecified atom stereocenters. The molecule has 1 aliphatic carbocycles. The molecule has 1 fully saturated rings. The molecule has 1 saturated carbocycles. The van der Waals surface area contributed by atoms with Crippen LogP contribution in [0.3, 0.4) is 0 Å². The number of sulfonamides is 1. The van der Waals surface area contributed by atoms with Gasteiger partial charge >= 0.3 is 0 Å². The molecule has 0 spiro atoms. The molecule has 1 aliphatic rings. The van der Waals surface area contributed by atoms with Gasteiger partial charge in [0.15, 0.2) is 0 Å². The number of hydrogen-bond donors (Lipinski definition) is 3. The van der Waals surface area contributed by atoms with Crippen molar-refractivity contribution in [3.8, 4) is 0 Å². The lowest BCUT2D eigenvalue weighted by molar-refractivity contribution is 0.00945. The average molecular weight is 319 g/mol. The topological polar surface area (TPSA) is 92.4 Å². The Hall–Kier alpha value is -0.820. The van der Waals surface area contributed by atoms with E-state index in [2.05, 4.69) is 4.72 Å². The van der Waals surface area contributed by atoms with E-state index in [4.69, 9.17) is 17.3 Å². The van der Waals surface area contributed by atoms with Crippen LogP contribution in [-0.4, -0.2) is 25.7 Å². The summed E-state index contributed by atoms with van der Waals surface area (Å²) in [5.41, 5.74) is 4.88. The van der Waals surface area contributed by atoms with E-state index in [1.165, 1.54) is 18.2 Å². The van der Waals surface area contributed by atoms with Gasteiger partial charge in [-0.1, -0.05) is 30.9 Å². The van der Waals surface area contributed by atoms with Gasteiger partial charge in [0.1, 0.15) is 0 Å². The molecule has 0 radical (unpaired) electrons. The van der Waals surface area contributed by atoms with E-state index in [1.807, 2.05) is 0 Å². The lowest BCUT2D eigenvalue weighted by Gasteiger charge is -2.32. The minimum atomic E-state index is -3.69. The van der Waals surface area contributed by atoms with Crippen LogP contribution in [-0.2, 0) is 10.0 Å². The summed E-state index contributed by atoms with van der Waals surface area (Å²) in [5.74, 6) is 0. The molecule has 5 nitrogen and oxygen atoms in total. The van der Waals surface area contributed by atoms with Crippen molar-refractivity contribution in [2.45, 2.75) is 42.6 Å². The van der Waals surface area contributed by atoms with Gasteiger partial charge in [-0.05, 0) is 31.0 Å². The van der Waals surface area contributed by atoms with E-state index >= 15 is 0 Å². The molecule has 1 aromatic carbocycles. The van der Waals surface area contributed by atoms with Crippen molar-refractivity contribution in [1.82, 2.24) is 4.72 Å². The van der Waals surface area contributed by atoms with Gasteiger partial charge in [-0.2, -0.15) is 0 Å². The lowest BCUT2D eigenvalue weighted by Crippen LogP contribution is -2.44. The van der Waals surface area contributed by atoms with Gasteiger partial charge in [-0.15, -0.1) is 0 Å². The second kappa shape index (κ2) is 5.89. The zero-order valence-corrected chi connectivity index (χ0v) is 12.7. The van der Waals surface area contributed by atoms with Gasteiger partial charge in [-0.25, -0.2) is 13.1 Å². The van der Waals surface area contributed by atoms with Crippen LogP contribution < -0.4 is 10.5 Å². The van der Waals surface area contributed by atoms with Crippen LogP contribution in [0.15, 0.2) is 23.1 Å². The maximum absolute atomic E-state index is 12.2. The monoisotopic (exact) mass is 318 g/mol. The van der Waals surface area contributed by atoms with Gasteiger partial charge in [0.05, 0.1) is 21.2 Å². The molecule has 20 heavy (non-hydrogen) atoms. The summed E-state index contributed by atoms with van der Waals surface area (Å²) in [7, 11) is -3.69. The molecule has 0 aliphatic heterocycles. The summed E-state index contributed by atoms with van der Waals surface area (Å²) in [5, 5.41) is 10.6. The highest BCUT2D eigenvalue weighted by Crippen LogP contribution is 2.28. The average Bonchev–Trinajstić information content (AvgIpc) is 2.41. The number of hydrogen-bond acceptors (Lipinski definition) is 4. The van der Waals surface area contributed by atoms with Gasteiger partial charge in [0, 0.05) is 6.54 Å². The SMILES string of the molecule is Nc1cc(S(=O)(=O)NCC2(O)CCCCC2)ccc1Cl. The number of aliphatic hydroxyl groups is 1. The molecular weight excluding hydrogens is 300 g/mol. The van der Waals surface area contributed by atoms with Crippen molar-refractivity contribution >= 4 is 27.3 Å². The molecule has 0 atom stereocenters. The van der Waals surface area contributed by atoms with E-state index in [9.17, 15) is 13.5 Å². The van der Waals surface area contributed by atoms with E-state index < -0.39 is 15.6 Å². The first kappa shape index (κ1) is 15.6. The standard InChI is InChI=1S/C13H19ClN2O3S/c14-11-5-4-10(8-12(11)15)20(18,19)16-9-13(17)6-2-1-3-7-13/h4-5,8,16-17H,1-3,6-7,9,15H2. The largest absolute Gasteiger partial charge is 0.397 e. The Labute approximate surface area is 124 Å². The molecule has 112 valence electrons. The third-order valence-corrected chi connectivity index (χ3v) is 5.40. The Morgan fingerprint density at radius 2 is 1.95 bits per heavy atom. The zero-order valence-electron chi connectivity index (χ0n) is 11.1. The molecule has 0 heterocycles. The summed E-state index contributed by atoms with van der Waals surface area (Å²) in [4.78, 5) is 0.0545. The van der Waals surface area contributed by atoms with E-state index in [1.54, 1.807) is 0 Å². The number of halogens is 1. The Morgan fingerprint density at radius 3 is 2.55 bits per heavy atom. The summed E-state index contributed by atoms with van der Waals surface area (Å²) in [6, 6.07) is 4.16. The van der Waals surface area contributed by atoms with Crippen molar-refractivity contribution in [3.63, 3.8) is 0 Å². The molecule has 0 amide bonds. The van der Waals surface area contributed by atoms with Crippen LogP contribution in [0, 0.1) is 0 Å². The Bertz CT molecular complexity index is 583. The van der Waals surface area contributed by atoms with Crippen LogP contribution in [0.25, 0.3) is 0 Å². The second-order valence-corrected chi connectivity index (χ2v) is 7.47. The van der Waals surface area contributed by atoms with Crippen molar-refractivity contribution in [1.29, 1.82) is 0 Å². The third-order valence-electron chi connectivity index (χ3n) is 3.65. The van der Waals surface area contributed by atoms with Crippen LogP contribution >= 0.6 is 11.6 Å². The predicted molar refractivity (Wildman–Crippen MR) is 79.1 cm³/mol. The van der Waals surface area contributed by atoms with Gasteiger partial charge in [-0.3, -0.25) is 0 Å². The van der Waals surface area contributed by atoms with Crippen LogP contribution in [0.1, 0.15) is 32.1 Å². The van der Waals surface area contributed by atoms with Gasteiger partial charge in [0.25, 0.3) is 0 Å². The summed E-state index contributed by atoms with van der Waals surface area (Å²) in [6.45, 7) is 0.0257. The molecule has 4 N–H and O–H groups in total. The fourth-order valence-electron chi connectivity index (χ4n) is 2.39. The number of rotatable bonds is 4. The Morgan fingerprint density at radius 1 is 1.30 bits per heavy atom. The third kappa shape index (κ3) is 3.63. The maximum atomic E-state index is 12.2. The van der Waals surface area contributed by atoms with Crippen molar-refractivity contribution < 1.29 is 13.5 Å². The van der Waals surface area contributed by atoms with Crippen LogP contribution in [0.4, 0.5) is 5.69 Å². The Kier molecular flexibility index (Phi) is 4.59. The van der Waals surface area contributed by atoms with Crippen LogP contribution in [0.5, 0.6) is 0 Å². The first-order valence-electron chi connectivity index (χ1n) is 6.60. The molecule has 2 rings (SSSR count). The van der Waals surface area contributed by atoms with Crippen LogP contribution in [0.2, 0.25) is 5.02 Å².